The van der Waals surface area contributed by atoms with Crippen molar-refractivity contribution < 1.29 is 18.0 Å². The minimum absolute atomic E-state index is 0.0582. The molecule has 0 spiro atoms. The van der Waals surface area contributed by atoms with Crippen LogP contribution in [-0.2, 0) is 26.2 Å². The lowest BCUT2D eigenvalue weighted by Gasteiger charge is -2.34. The molecule has 0 unspecified atom stereocenters. The van der Waals surface area contributed by atoms with Gasteiger partial charge in [-0.05, 0) is 60.0 Å². The van der Waals surface area contributed by atoms with E-state index in [2.05, 4.69) is 21.2 Å². The van der Waals surface area contributed by atoms with Crippen LogP contribution in [-0.4, -0.2) is 50.0 Å². The fourth-order valence-corrected chi connectivity index (χ4v) is 5.46. The second-order valence-electron chi connectivity index (χ2n) is 8.18. The van der Waals surface area contributed by atoms with Gasteiger partial charge in [0.15, 0.2) is 0 Å². The summed E-state index contributed by atoms with van der Waals surface area (Å²) in [5, 5.41) is 3.61. The Balaban J connectivity index is 2.52. The number of hydrogen-bond donors (Lipinski definition) is 1. The van der Waals surface area contributed by atoms with E-state index in [1.807, 2.05) is 13.8 Å². The fourth-order valence-electron chi connectivity index (χ4n) is 3.46. The van der Waals surface area contributed by atoms with Gasteiger partial charge in [0.2, 0.25) is 21.8 Å². The third kappa shape index (κ3) is 7.84. The Hall–Kier alpha value is -1.81. The number of sulfonamides is 1. The molecule has 0 heterocycles. The molecule has 0 saturated carbocycles. The lowest BCUT2D eigenvalue weighted by Crippen LogP contribution is -2.53. The summed E-state index contributed by atoms with van der Waals surface area (Å²) in [4.78, 5) is 28.2. The molecule has 0 aromatic heterocycles. The van der Waals surface area contributed by atoms with E-state index in [-0.39, 0.29) is 18.5 Å². The number of para-hydroxylation sites is 1. The number of halogens is 3. The maximum atomic E-state index is 13.7. The van der Waals surface area contributed by atoms with Gasteiger partial charge in [-0.3, -0.25) is 13.9 Å². The number of hydrogen-bond acceptors (Lipinski definition) is 4. The first-order valence-corrected chi connectivity index (χ1v) is 14.5. The lowest BCUT2D eigenvalue weighted by molar-refractivity contribution is -0.140. The Labute approximate surface area is 225 Å². The minimum atomic E-state index is -3.83. The standard InChI is InChI=1S/C24H30BrCl2N3O4S/c1-5-16(3)28-24(32)21(6-2)29(14-17-19(26)11-9-12-20(17)27)23(31)15-30(35(4,33)34)22-13-8-7-10-18(22)25/h7-13,16,21H,5-6,14-15H2,1-4H3,(H,28,32)/t16-,21+/m0/s1. The topological polar surface area (TPSA) is 86.8 Å². The number of benzene rings is 2. The first-order valence-electron chi connectivity index (χ1n) is 11.2. The van der Waals surface area contributed by atoms with Crippen LogP contribution in [0.2, 0.25) is 10.0 Å². The van der Waals surface area contributed by atoms with Crippen LogP contribution in [0.5, 0.6) is 0 Å². The molecule has 2 atom stereocenters. The Kier molecular flexibility index (Phi) is 10.9. The number of carbonyl (C=O) groups excluding carboxylic acids is 2. The van der Waals surface area contributed by atoms with E-state index in [0.29, 0.717) is 32.2 Å². The molecule has 192 valence electrons. The predicted octanol–water partition coefficient (Wildman–Crippen LogP) is 5.24. The summed E-state index contributed by atoms with van der Waals surface area (Å²) in [5.41, 5.74) is 0.793. The van der Waals surface area contributed by atoms with Crippen molar-refractivity contribution in [2.45, 2.75) is 52.2 Å². The molecule has 2 amide bonds. The summed E-state index contributed by atoms with van der Waals surface area (Å²) >= 11 is 16.1. The Morgan fingerprint density at radius 2 is 1.63 bits per heavy atom. The maximum Gasteiger partial charge on any atom is 0.244 e. The zero-order valence-corrected chi connectivity index (χ0v) is 24.0. The molecule has 11 heteroatoms. The Morgan fingerprint density at radius 1 is 1.03 bits per heavy atom. The van der Waals surface area contributed by atoms with Gasteiger partial charge >= 0.3 is 0 Å². The Morgan fingerprint density at radius 3 is 2.14 bits per heavy atom. The first kappa shape index (κ1) is 29.4. The molecule has 0 radical (unpaired) electrons. The molecule has 7 nitrogen and oxygen atoms in total. The van der Waals surface area contributed by atoms with Gasteiger partial charge in [-0.25, -0.2) is 8.42 Å². The van der Waals surface area contributed by atoms with Crippen LogP contribution in [0.1, 0.15) is 39.2 Å². The van der Waals surface area contributed by atoms with Gasteiger partial charge in [0, 0.05) is 32.7 Å². The second-order valence-corrected chi connectivity index (χ2v) is 11.8. The highest BCUT2D eigenvalue weighted by Gasteiger charge is 2.33. The highest BCUT2D eigenvalue weighted by molar-refractivity contribution is 9.10. The number of nitrogens with one attached hydrogen (secondary N) is 1. The number of anilines is 1. The number of carbonyl (C=O) groups is 2. The van der Waals surface area contributed by atoms with Gasteiger partial charge in [-0.1, -0.05) is 55.2 Å². The van der Waals surface area contributed by atoms with Crippen molar-refractivity contribution in [2.24, 2.45) is 0 Å². The largest absolute Gasteiger partial charge is 0.352 e. The molecule has 2 aromatic rings. The van der Waals surface area contributed by atoms with Crippen LogP contribution < -0.4 is 9.62 Å². The van der Waals surface area contributed by atoms with E-state index in [0.717, 1.165) is 17.0 Å². The van der Waals surface area contributed by atoms with Crippen molar-refractivity contribution in [3.8, 4) is 0 Å². The number of amides is 2. The van der Waals surface area contributed by atoms with E-state index >= 15 is 0 Å². The molecule has 35 heavy (non-hydrogen) atoms. The van der Waals surface area contributed by atoms with Gasteiger partial charge in [-0.15, -0.1) is 0 Å². The highest BCUT2D eigenvalue weighted by Crippen LogP contribution is 2.30. The fraction of sp³-hybridized carbons (Fsp3) is 0.417. The second kappa shape index (κ2) is 12.9. The van der Waals surface area contributed by atoms with Crippen molar-refractivity contribution in [1.82, 2.24) is 10.2 Å². The summed E-state index contributed by atoms with van der Waals surface area (Å²) < 4.78 is 26.9. The molecule has 0 fully saturated rings. The first-order chi connectivity index (χ1) is 16.4. The van der Waals surface area contributed by atoms with E-state index in [9.17, 15) is 18.0 Å². The molecule has 2 rings (SSSR count). The maximum absolute atomic E-state index is 13.7. The van der Waals surface area contributed by atoms with Crippen LogP contribution in [0.25, 0.3) is 0 Å². The average molecular weight is 607 g/mol. The third-order valence-electron chi connectivity index (χ3n) is 5.58. The molecule has 1 N–H and O–H groups in total. The number of rotatable bonds is 11. The van der Waals surface area contributed by atoms with Crippen LogP contribution in [0.15, 0.2) is 46.9 Å². The predicted molar refractivity (Wildman–Crippen MR) is 145 cm³/mol. The van der Waals surface area contributed by atoms with Crippen LogP contribution >= 0.6 is 39.1 Å². The van der Waals surface area contributed by atoms with Crippen molar-refractivity contribution in [1.29, 1.82) is 0 Å². The summed E-state index contributed by atoms with van der Waals surface area (Å²) in [7, 11) is -3.83. The molecular formula is C24H30BrCl2N3O4S. The average Bonchev–Trinajstić information content (AvgIpc) is 2.78. The quantitative estimate of drug-likeness (QED) is 0.379. The number of nitrogens with zero attached hydrogens (tertiary/aromatic N) is 2. The Bertz CT molecular complexity index is 1140. The molecule has 0 aliphatic rings. The van der Waals surface area contributed by atoms with Gasteiger partial charge < -0.3 is 10.2 Å². The lowest BCUT2D eigenvalue weighted by atomic mass is 10.1. The van der Waals surface area contributed by atoms with E-state index < -0.39 is 28.5 Å². The summed E-state index contributed by atoms with van der Waals surface area (Å²) in [6, 6.07) is 10.7. The zero-order valence-electron chi connectivity index (χ0n) is 20.1. The van der Waals surface area contributed by atoms with Crippen molar-refractivity contribution in [3.63, 3.8) is 0 Å². The third-order valence-corrected chi connectivity index (χ3v) is 8.08. The van der Waals surface area contributed by atoms with E-state index in [1.54, 1.807) is 49.4 Å². The molecular weight excluding hydrogens is 577 g/mol. The van der Waals surface area contributed by atoms with Gasteiger partial charge in [0.1, 0.15) is 12.6 Å². The van der Waals surface area contributed by atoms with Crippen LogP contribution in [0.3, 0.4) is 0 Å². The highest BCUT2D eigenvalue weighted by atomic mass is 79.9. The monoisotopic (exact) mass is 605 g/mol. The molecule has 2 aromatic carbocycles. The molecule has 0 bridgehead atoms. The summed E-state index contributed by atoms with van der Waals surface area (Å²) in [6.45, 7) is 5.05. The smallest absolute Gasteiger partial charge is 0.244 e. The molecule has 0 saturated heterocycles. The van der Waals surface area contributed by atoms with Crippen LogP contribution in [0, 0.1) is 0 Å². The van der Waals surface area contributed by atoms with Crippen molar-refractivity contribution >= 4 is 66.7 Å². The van der Waals surface area contributed by atoms with Gasteiger partial charge in [-0.2, -0.15) is 0 Å². The molecule has 0 aliphatic heterocycles. The van der Waals surface area contributed by atoms with Gasteiger partial charge in [0.05, 0.1) is 11.9 Å². The van der Waals surface area contributed by atoms with E-state index in [4.69, 9.17) is 23.2 Å². The van der Waals surface area contributed by atoms with Crippen molar-refractivity contribution in [2.75, 3.05) is 17.1 Å². The summed E-state index contributed by atoms with van der Waals surface area (Å²) in [6.07, 6.45) is 2.06. The van der Waals surface area contributed by atoms with Crippen LogP contribution in [0.4, 0.5) is 5.69 Å². The van der Waals surface area contributed by atoms with E-state index in [1.165, 1.54) is 4.90 Å². The SMILES string of the molecule is CC[C@H](C(=O)N[C@@H](C)CC)N(Cc1c(Cl)cccc1Cl)C(=O)CN(c1ccccc1Br)S(C)(=O)=O. The summed E-state index contributed by atoms with van der Waals surface area (Å²) in [5.74, 6) is -0.890. The normalized spacial score (nSPS) is 13.1. The van der Waals surface area contributed by atoms with Gasteiger partial charge in [0.25, 0.3) is 0 Å². The van der Waals surface area contributed by atoms with Crippen molar-refractivity contribution in [3.05, 3.63) is 62.5 Å². The molecule has 0 aliphatic carbocycles. The zero-order chi connectivity index (χ0) is 26.3. The minimum Gasteiger partial charge on any atom is -0.352 e.